The summed E-state index contributed by atoms with van der Waals surface area (Å²) in [4.78, 5) is 2.34. The van der Waals surface area contributed by atoms with Crippen molar-refractivity contribution >= 4 is 0 Å². The fraction of sp³-hybridized carbons (Fsp3) is 0.800. The van der Waals surface area contributed by atoms with Crippen LogP contribution in [-0.2, 0) is 0 Å². The van der Waals surface area contributed by atoms with Crippen molar-refractivity contribution in [2.45, 2.75) is 25.3 Å². The zero-order chi connectivity index (χ0) is 8.81. The monoisotopic (exact) mass is 168 g/mol. The van der Waals surface area contributed by atoms with Crippen LogP contribution in [0.25, 0.3) is 0 Å². The molecule has 0 atom stereocenters. The van der Waals surface area contributed by atoms with Crippen molar-refractivity contribution in [3.05, 3.63) is 12.7 Å². The number of nitrogens with zero attached hydrogens (tertiary/aromatic N) is 1. The van der Waals surface area contributed by atoms with Crippen LogP contribution in [0, 0.1) is 0 Å². The Morgan fingerprint density at radius 1 is 1.50 bits per heavy atom. The van der Waals surface area contributed by atoms with Gasteiger partial charge in [0.15, 0.2) is 0 Å². The summed E-state index contributed by atoms with van der Waals surface area (Å²) in [5.41, 5.74) is 0. The first-order valence-electron chi connectivity index (χ1n) is 4.85. The SMILES string of the molecule is C=CCCN(C)CCNC1CC1. The summed E-state index contributed by atoms with van der Waals surface area (Å²) in [6.07, 6.45) is 5.84. The maximum Gasteiger partial charge on any atom is 0.0104 e. The second-order valence-corrected chi connectivity index (χ2v) is 3.61. The molecule has 12 heavy (non-hydrogen) atoms. The summed E-state index contributed by atoms with van der Waals surface area (Å²) in [5.74, 6) is 0. The average molecular weight is 168 g/mol. The van der Waals surface area contributed by atoms with E-state index in [0.717, 1.165) is 32.1 Å². The molecule has 1 rings (SSSR count). The van der Waals surface area contributed by atoms with Gasteiger partial charge in [-0.15, -0.1) is 6.58 Å². The molecule has 0 aromatic rings. The van der Waals surface area contributed by atoms with Crippen molar-refractivity contribution in [1.29, 1.82) is 0 Å². The van der Waals surface area contributed by atoms with Crippen LogP contribution >= 0.6 is 0 Å². The third kappa shape index (κ3) is 4.52. The van der Waals surface area contributed by atoms with Gasteiger partial charge in [0.25, 0.3) is 0 Å². The van der Waals surface area contributed by atoms with E-state index in [2.05, 4.69) is 23.8 Å². The van der Waals surface area contributed by atoms with Gasteiger partial charge in [0.05, 0.1) is 0 Å². The van der Waals surface area contributed by atoms with Crippen molar-refractivity contribution in [3.63, 3.8) is 0 Å². The molecule has 1 N–H and O–H groups in total. The van der Waals surface area contributed by atoms with Gasteiger partial charge in [0, 0.05) is 25.7 Å². The molecule has 1 aliphatic carbocycles. The number of likely N-dealkylation sites (N-methyl/N-ethyl adjacent to an activating group) is 1. The van der Waals surface area contributed by atoms with Crippen LogP contribution in [0.5, 0.6) is 0 Å². The van der Waals surface area contributed by atoms with Crippen LogP contribution in [0.2, 0.25) is 0 Å². The molecule has 0 aliphatic heterocycles. The van der Waals surface area contributed by atoms with E-state index < -0.39 is 0 Å². The molecule has 0 amide bonds. The summed E-state index contributed by atoms with van der Waals surface area (Å²) in [7, 11) is 2.16. The minimum absolute atomic E-state index is 0.845. The second-order valence-electron chi connectivity index (χ2n) is 3.61. The molecule has 70 valence electrons. The number of rotatable bonds is 7. The summed E-state index contributed by atoms with van der Waals surface area (Å²) in [6.45, 7) is 7.14. The Labute approximate surface area is 75.6 Å². The van der Waals surface area contributed by atoms with E-state index in [-0.39, 0.29) is 0 Å². The van der Waals surface area contributed by atoms with Gasteiger partial charge in [0.1, 0.15) is 0 Å². The van der Waals surface area contributed by atoms with Crippen molar-refractivity contribution in [3.8, 4) is 0 Å². The smallest absolute Gasteiger partial charge is 0.0104 e. The van der Waals surface area contributed by atoms with Crippen LogP contribution in [0.3, 0.4) is 0 Å². The fourth-order valence-corrected chi connectivity index (χ4v) is 1.17. The molecule has 0 radical (unpaired) electrons. The van der Waals surface area contributed by atoms with Crippen molar-refractivity contribution in [2.24, 2.45) is 0 Å². The van der Waals surface area contributed by atoms with Gasteiger partial charge in [-0.1, -0.05) is 6.08 Å². The first-order valence-corrected chi connectivity index (χ1v) is 4.85. The lowest BCUT2D eigenvalue weighted by molar-refractivity contribution is 0.337. The van der Waals surface area contributed by atoms with E-state index in [1.807, 2.05) is 6.08 Å². The topological polar surface area (TPSA) is 15.3 Å². The number of hydrogen-bond acceptors (Lipinski definition) is 2. The molecular formula is C10H20N2. The maximum absolute atomic E-state index is 3.71. The molecule has 0 aromatic carbocycles. The largest absolute Gasteiger partial charge is 0.313 e. The Bertz CT molecular complexity index is 130. The van der Waals surface area contributed by atoms with Crippen LogP contribution in [0.4, 0.5) is 0 Å². The zero-order valence-corrected chi connectivity index (χ0v) is 8.05. The van der Waals surface area contributed by atoms with Crippen LogP contribution < -0.4 is 5.32 Å². The third-order valence-corrected chi connectivity index (χ3v) is 2.22. The molecule has 0 spiro atoms. The van der Waals surface area contributed by atoms with E-state index in [1.54, 1.807) is 0 Å². The third-order valence-electron chi connectivity index (χ3n) is 2.22. The Morgan fingerprint density at radius 3 is 2.83 bits per heavy atom. The van der Waals surface area contributed by atoms with E-state index in [1.165, 1.54) is 12.8 Å². The lowest BCUT2D eigenvalue weighted by Crippen LogP contribution is -2.30. The standard InChI is InChI=1S/C10H20N2/c1-3-4-8-12(2)9-7-11-10-5-6-10/h3,10-11H,1,4-9H2,2H3. The van der Waals surface area contributed by atoms with E-state index in [4.69, 9.17) is 0 Å². The van der Waals surface area contributed by atoms with E-state index in [0.29, 0.717) is 0 Å². The Morgan fingerprint density at radius 2 is 2.25 bits per heavy atom. The lowest BCUT2D eigenvalue weighted by atomic mass is 10.4. The van der Waals surface area contributed by atoms with Crippen LogP contribution in [0.1, 0.15) is 19.3 Å². The summed E-state index contributed by atoms with van der Waals surface area (Å²) < 4.78 is 0. The molecule has 0 bridgehead atoms. The highest BCUT2D eigenvalue weighted by Crippen LogP contribution is 2.17. The summed E-state index contributed by atoms with van der Waals surface area (Å²) >= 11 is 0. The minimum atomic E-state index is 0.845. The predicted molar refractivity (Wildman–Crippen MR) is 53.3 cm³/mol. The van der Waals surface area contributed by atoms with Gasteiger partial charge in [0.2, 0.25) is 0 Å². The summed E-state index contributed by atoms with van der Waals surface area (Å²) in [5, 5.41) is 3.50. The van der Waals surface area contributed by atoms with E-state index in [9.17, 15) is 0 Å². The first-order chi connectivity index (χ1) is 5.83. The Kier molecular flexibility index (Phi) is 4.33. The molecular weight excluding hydrogens is 148 g/mol. The predicted octanol–water partition coefficient (Wildman–Crippen LogP) is 1.25. The van der Waals surface area contributed by atoms with Crippen molar-refractivity contribution in [2.75, 3.05) is 26.7 Å². The molecule has 1 saturated carbocycles. The fourth-order valence-electron chi connectivity index (χ4n) is 1.17. The normalized spacial score (nSPS) is 16.8. The van der Waals surface area contributed by atoms with Gasteiger partial charge < -0.3 is 10.2 Å². The van der Waals surface area contributed by atoms with Gasteiger partial charge in [-0.2, -0.15) is 0 Å². The number of hydrogen-bond donors (Lipinski definition) is 1. The van der Waals surface area contributed by atoms with Gasteiger partial charge in [-0.25, -0.2) is 0 Å². The minimum Gasteiger partial charge on any atom is -0.313 e. The quantitative estimate of drug-likeness (QED) is 0.575. The molecule has 2 nitrogen and oxygen atoms in total. The lowest BCUT2D eigenvalue weighted by Gasteiger charge is -2.15. The zero-order valence-electron chi connectivity index (χ0n) is 8.05. The summed E-state index contributed by atoms with van der Waals surface area (Å²) in [6, 6.07) is 0.845. The molecule has 0 heterocycles. The van der Waals surface area contributed by atoms with Crippen LogP contribution in [0.15, 0.2) is 12.7 Å². The Hall–Kier alpha value is -0.340. The second kappa shape index (κ2) is 5.33. The highest BCUT2D eigenvalue weighted by molar-refractivity contribution is 4.81. The molecule has 0 saturated heterocycles. The van der Waals surface area contributed by atoms with Gasteiger partial charge >= 0.3 is 0 Å². The Balaban J connectivity index is 1.86. The van der Waals surface area contributed by atoms with E-state index >= 15 is 0 Å². The van der Waals surface area contributed by atoms with Crippen molar-refractivity contribution in [1.82, 2.24) is 10.2 Å². The molecule has 0 unspecified atom stereocenters. The highest BCUT2D eigenvalue weighted by Gasteiger charge is 2.19. The average Bonchev–Trinajstić information content (AvgIpc) is 2.84. The van der Waals surface area contributed by atoms with Gasteiger partial charge in [-0.3, -0.25) is 0 Å². The molecule has 0 aromatic heterocycles. The number of nitrogens with one attached hydrogen (secondary N) is 1. The highest BCUT2D eigenvalue weighted by atomic mass is 15.1. The maximum atomic E-state index is 3.71. The molecule has 1 fully saturated rings. The first kappa shape index (κ1) is 9.75. The van der Waals surface area contributed by atoms with Gasteiger partial charge in [-0.05, 0) is 26.3 Å². The van der Waals surface area contributed by atoms with Crippen LogP contribution in [-0.4, -0.2) is 37.6 Å². The molecule has 2 heteroatoms. The van der Waals surface area contributed by atoms with Crippen molar-refractivity contribution < 1.29 is 0 Å². The molecule has 1 aliphatic rings.